The molecule has 0 aliphatic rings. The van der Waals surface area contributed by atoms with Crippen molar-refractivity contribution >= 4 is 11.7 Å². The molecule has 2 aromatic rings. The van der Waals surface area contributed by atoms with Crippen LogP contribution in [0.5, 0.6) is 0 Å². The molecule has 0 heterocycles. The molecule has 0 spiro atoms. The molecule has 0 aliphatic carbocycles. The molecular formula is C20H26N4O2. The van der Waals surface area contributed by atoms with E-state index in [9.17, 15) is 4.79 Å². The number of rotatable bonds is 8. The Balaban J connectivity index is 1.83. The van der Waals surface area contributed by atoms with Crippen LogP contribution in [0.15, 0.2) is 59.8 Å². The van der Waals surface area contributed by atoms with Gasteiger partial charge in [0.1, 0.15) is 6.61 Å². The Labute approximate surface area is 154 Å². The van der Waals surface area contributed by atoms with Crippen LogP contribution in [0.4, 0.5) is 4.79 Å². The fourth-order valence-electron chi connectivity index (χ4n) is 2.39. The number of amides is 2. The van der Waals surface area contributed by atoms with Gasteiger partial charge in [-0.2, -0.15) is 0 Å². The highest BCUT2D eigenvalue weighted by Gasteiger charge is 2.03. The predicted molar refractivity (Wildman–Crippen MR) is 104 cm³/mol. The summed E-state index contributed by atoms with van der Waals surface area (Å²) in [5.74, 6) is 0. The lowest BCUT2D eigenvalue weighted by Gasteiger charge is -2.13. The largest absolute Gasteiger partial charge is 0.391 e. The lowest BCUT2D eigenvalue weighted by atomic mass is 10.1. The molecule has 2 amide bonds. The standard InChI is InChI=1S/C20H26N4O2/c1-16(23-26-15-17-8-5-4-6-9-17)12-18-10-7-11-19(13-18)14-21-20(25)22-24(2)3/h4-11,13H,12,14-15H2,1-3H3,(H2,21,22,25)/b23-16+. The number of urea groups is 1. The summed E-state index contributed by atoms with van der Waals surface area (Å²) in [7, 11) is 3.53. The number of hydrazine groups is 1. The summed E-state index contributed by atoms with van der Waals surface area (Å²) < 4.78 is 0. The third-order valence-corrected chi connectivity index (χ3v) is 3.52. The highest BCUT2D eigenvalue weighted by molar-refractivity contribution is 5.83. The van der Waals surface area contributed by atoms with E-state index in [1.807, 2.05) is 55.5 Å². The molecule has 6 nitrogen and oxygen atoms in total. The van der Waals surface area contributed by atoms with Gasteiger partial charge in [0.05, 0.1) is 5.71 Å². The van der Waals surface area contributed by atoms with Crippen molar-refractivity contribution in [3.63, 3.8) is 0 Å². The highest BCUT2D eigenvalue weighted by Crippen LogP contribution is 2.08. The number of oxime groups is 1. The van der Waals surface area contributed by atoms with E-state index in [1.165, 1.54) is 0 Å². The van der Waals surface area contributed by atoms with Crippen LogP contribution in [0.3, 0.4) is 0 Å². The average molecular weight is 354 g/mol. The van der Waals surface area contributed by atoms with Crippen molar-refractivity contribution in [3.8, 4) is 0 Å². The van der Waals surface area contributed by atoms with Crippen LogP contribution in [0.1, 0.15) is 23.6 Å². The molecule has 0 unspecified atom stereocenters. The minimum atomic E-state index is -0.229. The zero-order chi connectivity index (χ0) is 18.8. The number of nitrogens with zero attached hydrogens (tertiary/aromatic N) is 2. The maximum absolute atomic E-state index is 11.6. The van der Waals surface area contributed by atoms with Crippen LogP contribution in [-0.4, -0.2) is 30.8 Å². The Hall–Kier alpha value is -2.86. The van der Waals surface area contributed by atoms with Gasteiger partial charge in [-0.05, 0) is 23.6 Å². The summed E-state index contributed by atoms with van der Waals surface area (Å²) in [6.07, 6.45) is 0.701. The van der Waals surface area contributed by atoms with Crippen LogP contribution in [0.25, 0.3) is 0 Å². The van der Waals surface area contributed by atoms with E-state index in [4.69, 9.17) is 4.84 Å². The first-order valence-corrected chi connectivity index (χ1v) is 8.52. The Morgan fingerprint density at radius 3 is 2.46 bits per heavy atom. The van der Waals surface area contributed by atoms with Crippen LogP contribution >= 0.6 is 0 Å². The molecule has 2 aromatic carbocycles. The third kappa shape index (κ3) is 7.36. The topological polar surface area (TPSA) is 66.0 Å². The fraction of sp³-hybridized carbons (Fsp3) is 0.300. The molecule has 6 heteroatoms. The van der Waals surface area contributed by atoms with Gasteiger partial charge in [0.2, 0.25) is 0 Å². The smallest absolute Gasteiger partial charge is 0.329 e. The van der Waals surface area contributed by atoms with E-state index in [1.54, 1.807) is 19.1 Å². The van der Waals surface area contributed by atoms with E-state index in [0.717, 1.165) is 22.4 Å². The van der Waals surface area contributed by atoms with E-state index in [0.29, 0.717) is 19.6 Å². The summed E-state index contributed by atoms with van der Waals surface area (Å²) in [5, 5.41) is 8.60. The van der Waals surface area contributed by atoms with Crippen molar-refractivity contribution in [1.29, 1.82) is 0 Å². The molecule has 138 valence electrons. The molecule has 0 fully saturated rings. The van der Waals surface area contributed by atoms with Gasteiger partial charge < -0.3 is 10.2 Å². The Bertz CT molecular complexity index is 730. The molecule has 0 bridgehead atoms. The summed E-state index contributed by atoms with van der Waals surface area (Å²) in [5.41, 5.74) is 6.80. The number of hydrogen-bond donors (Lipinski definition) is 2. The van der Waals surface area contributed by atoms with Crippen molar-refractivity contribution < 1.29 is 9.63 Å². The lowest BCUT2D eigenvalue weighted by molar-refractivity contribution is 0.130. The lowest BCUT2D eigenvalue weighted by Crippen LogP contribution is -2.42. The molecule has 26 heavy (non-hydrogen) atoms. The van der Waals surface area contributed by atoms with E-state index in [-0.39, 0.29) is 6.03 Å². The first-order valence-electron chi connectivity index (χ1n) is 8.52. The molecular weight excluding hydrogens is 328 g/mol. The van der Waals surface area contributed by atoms with Gasteiger partial charge in [-0.15, -0.1) is 0 Å². The molecule has 0 aromatic heterocycles. The van der Waals surface area contributed by atoms with E-state index in [2.05, 4.69) is 22.0 Å². The van der Waals surface area contributed by atoms with Gasteiger partial charge in [0, 0.05) is 27.1 Å². The Morgan fingerprint density at radius 2 is 1.73 bits per heavy atom. The monoisotopic (exact) mass is 354 g/mol. The van der Waals surface area contributed by atoms with Crippen molar-refractivity contribution in [2.75, 3.05) is 14.1 Å². The van der Waals surface area contributed by atoms with Gasteiger partial charge in [-0.25, -0.2) is 9.80 Å². The predicted octanol–water partition coefficient (Wildman–Crippen LogP) is 3.10. The van der Waals surface area contributed by atoms with Gasteiger partial charge in [-0.3, -0.25) is 5.43 Å². The molecule has 0 saturated carbocycles. The Kier molecular flexibility index (Phi) is 7.64. The molecule has 0 atom stereocenters. The average Bonchev–Trinajstić information content (AvgIpc) is 2.61. The van der Waals surface area contributed by atoms with Crippen molar-refractivity contribution in [2.45, 2.75) is 26.5 Å². The first-order chi connectivity index (χ1) is 12.5. The second kappa shape index (κ2) is 10.2. The van der Waals surface area contributed by atoms with Crippen molar-refractivity contribution in [1.82, 2.24) is 15.8 Å². The summed E-state index contributed by atoms with van der Waals surface area (Å²) in [6, 6.07) is 17.8. The van der Waals surface area contributed by atoms with E-state index >= 15 is 0 Å². The molecule has 0 saturated heterocycles. The quantitative estimate of drug-likeness (QED) is 0.565. The number of hydrogen-bond acceptors (Lipinski definition) is 4. The van der Waals surface area contributed by atoms with Crippen molar-refractivity contribution in [2.24, 2.45) is 5.16 Å². The number of carbonyl (C=O) groups excluding carboxylic acids is 1. The number of nitrogens with one attached hydrogen (secondary N) is 2. The second-order valence-electron chi connectivity index (χ2n) is 6.27. The van der Waals surface area contributed by atoms with Gasteiger partial charge in [0.15, 0.2) is 0 Å². The molecule has 0 aliphatic heterocycles. The van der Waals surface area contributed by atoms with Gasteiger partial charge in [-0.1, -0.05) is 59.8 Å². The highest BCUT2D eigenvalue weighted by atomic mass is 16.6. The summed E-state index contributed by atoms with van der Waals surface area (Å²) in [6.45, 7) is 2.87. The minimum Gasteiger partial charge on any atom is -0.391 e. The minimum absolute atomic E-state index is 0.229. The maximum atomic E-state index is 11.6. The zero-order valence-corrected chi connectivity index (χ0v) is 15.5. The van der Waals surface area contributed by atoms with Crippen LogP contribution in [0, 0.1) is 0 Å². The fourth-order valence-corrected chi connectivity index (χ4v) is 2.39. The SMILES string of the molecule is C/C(Cc1cccc(CNC(=O)NN(C)C)c1)=N\OCc1ccccc1. The molecule has 2 N–H and O–H groups in total. The summed E-state index contributed by atoms with van der Waals surface area (Å²) >= 11 is 0. The summed E-state index contributed by atoms with van der Waals surface area (Å²) in [4.78, 5) is 17.0. The maximum Gasteiger partial charge on any atom is 0.329 e. The van der Waals surface area contributed by atoms with Crippen LogP contribution < -0.4 is 10.7 Å². The van der Waals surface area contributed by atoms with Crippen LogP contribution in [-0.2, 0) is 24.4 Å². The number of carbonyl (C=O) groups is 1. The van der Waals surface area contributed by atoms with Crippen molar-refractivity contribution in [3.05, 3.63) is 71.3 Å². The van der Waals surface area contributed by atoms with Gasteiger partial charge in [0.25, 0.3) is 0 Å². The second-order valence-corrected chi connectivity index (χ2v) is 6.27. The molecule has 0 radical (unpaired) electrons. The first kappa shape index (κ1) is 19.5. The molecule has 2 rings (SSSR count). The van der Waals surface area contributed by atoms with Crippen LogP contribution in [0.2, 0.25) is 0 Å². The number of benzene rings is 2. The van der Waals surface area contributed by atoms with E-state index < -0.39 is 0 Å². The Morgan fingerprint density at radius 1 is 1.04 bits per heavy atom. The normalized spacial score (nSPS) is 11.3. The third-order valence-electron chi connectivity index (χ3n) is 3.52. The van der Waals surface area contributed by atoms with Gasteiger partial charge >= 0.3 is 6.03 Å². The zero-order valence-electron chi connectivity index (χ0n) is 15.5.